The second kappa shape index (κ2) is 5.68. The molecule has 3 heteroatoms. The number of aryl methyl sites for hydroxylation is 2. The monoisotopic (exact) mass is 293 g/mol. The Hall–Kier alpha value is -2.55. The fourth-order valence-electron chi connectivity index (χ4n) is 2.72. The molecule has 1 heterocycles. The highest BCUT2D eigenvalue weighted by Gasteiger charge is 2.13. The van der Waals surface area contributed by atoms with Gasteiger partial charge in [-0.1, -0.05) is 31.2 Å². The van der Waals surface area contributed by atoms with Gasteiger partial charge in [0.15, 0.2) is 0 Å². The number of hydrogen-bond donors (Lipinski definition) is 0. The normalized spacial score (nSPS) is 10.9. The van der Waals surface area contributed by atoms with Gasteiger partial charge in [-0.2, -0.15) is 0 Å². The van der Waals surface area contributed by atoms with E-state index in [1.54, 1.807) is 6.07 Å². The van der Waals surface area contributed by atoms with Crippen molar-refractivity contribution in [2.75, 3.05) is 7.11 Å². The van der Waals surface area contributed by atoms with E-state index in [0.29, 0.717) is 5.56 Å². The lowest BCUT2D eigenvalue weighted by molar-refractivity contribution is 0.0603. The maximum absolute atomic E-state index is 11.6. The third kappa shape index (κ3) is 2.50. The summed E-state index contributed by atoms with van der Waals surface area (Å²) in [5.74, 6) is -0.279. The SMILES string of the molecule is CCc1cc2c(C(=O)OC)cccc2n1C.c1cc2cc-2c1. The molecule has 0 saturated heterocycles. The molecule has 2 aromatic rings. The molecular weight excluding hydrogens is 274 g/mol. The number of carbonyl (C=O) groups excluding carboxylic acids is 1. The second-order valence-corrected chi connectivity index (χ2v) is 5.36. The molecule has 0 amide bonds. The van der Waals surface area contributed by atoms with Crippen molar-refractivity contribution in [2.24, 2.45) is 7.05 Å². The minimum absolute atomic E-state index is 0.279. The van der Waals surface area contributed by atoms with Gasteiger partial charge in [0.2, 0.25) is 0 Å². The van der Waals surface area contributed by atoms with Gasteiger partial charge in [0, 0.05) is 23.6 Å². The molecule has 0 fully saturated rings. The van der Waals surface area contributed by atoms with Crippen LogP contribution in [0, 0.1) is 0 Å². The first-order chi connectivity index (χ1) is 10.7. The van der Waals surface area contributed by atoms with Crippen molar-refractivity contribution >= 4 is 16.9 Å². The van der Waals surface area contributed by atoms with Gasteiger partial charge in [0.25, 0.3) is 0 Å². The summed E-state index contributed by atoms with van der Waals surface area (Å²) in [5.41, 5.74) is 5.77. The third-order valence-electron chi connectivity index (χ3n) is 4.07. The molecule has 1 aromatic heterocycles. The topological polar surface area (TPSA) is 31.2 Å². The van der Waals surface area contributed by atoms with Crippen molar-refractivity contribution in [3.8, 4) is 11.1 Å². The van der Waals surface area contributed by atoms with Crippen LogP contribution in [0.3, 0.4) is 0 Å². The minimum Gasteiger partial charge on any atom is -0.465 e. The molecule has 4 rings (SSSR count). The van der Waals surface area contributed by atoms with Crippen molar-refractivity contribution < 1.29 is 9.53 Å². The summed E-state index contributed by atoms with van der Waals surface area (Å²) in [4.78, 5) is 11.6. The van der Waals surface area contributed by atoms with Crippen molar-refractivity contribution in [2.45, 2.75) is 13.3 Å². The Morgan fingerprint density at radius 1 is 1.09 bits per heavy atom. The molecule has 2 aliphatic rings. The Morgan fingerprint density at radius 2 is 1.77 bits per heavy atom. The predicted molar refractivity (Wildman–Crippen MR) is 89.1 cm³/mol. The van der Waals surface area contributed by atoms with Crippen LogP contribution in [0.2, 0.25) is 0 Å². The van der Waals surface area contributed by atoms with Gasteiger partial charge < -0.3 is 9.30 Å². The van der Waals surface area contributed by atoms with E-state index < -0.39 is 0 Å². The zero-order valence-corrected chi connectivity index (χ0v) is 13.1. The summed E-state index contributed by atoms with van der Waals surface area (Å²) in [6.45, 7) is 2.10. The van der Waals surface area contributed by atoms with E-state index in [1.807, 2.05) is 19.2 Å². The lowest BCUT2D eigenvalue weighted by atomic mass is 10.1. The molecule has 112 valence electrons. The fraction of sp³-hybridized carbons (Fsp3) is 0.211. The van der Waals surface area contributed by atoms with Crippen molar-refractivity contribution in [1.82, 2.24) is 4.57 Å². The highest BCUT2D eigenvalue weighted by molar-refractivity contribution is 6.04. The Kier molecular flexibility index (Phi) is 3.72. The molecule has 0 saturated carbocycles. The molecule has 0 bridgehead atoms. The molecule has 3 nitrogen and oxygen atoms in total. The Balaban J connectivity index is 0.000000196. The molecule has 22 heavy (non-hydrogen) atoms. The standard InChI is InChI=1S/C13H15NO2.C6H4/c1-4-9-8-11-10(13(15)16-3)6-5-7-12(11)14(9)2;1-2-5-4-6(5)3-1/h5-8H,4H2,1-3H3;1-4H. The zero-order valence-electron chi connectivity index (χ0n) is 13.1. The summed E-state index contributed by atoms with van der Waals surface area (Å²) >= 11 is 0. The average Bonchev–Trinajstić information content (AvgIpc) is 3.01. The van der Waals surface area contributed by atoms with Gasteiger partial charge in [0.1, 0.15) is 0 Å². The molecular formula is C19H19NO2. The number of ether oxygens (including phenoxy) is 1. The van der Waals surface area contributed by atoms with Gasteiger partial charge in [0.05, 0.1) is 12.7 Å². The highest BCUT2D eigenvalue weighted by Crippen LogP contribution is 2.32. The largest absolute Gasteiger partial charge is 0.465 e. The summed E-state index contributed by atoms with van der Waals surface area (Å²) in [6.07, 6.45) is 0.950. The Labute approximate surface area is 130 Å². The highest BCUT2D eigenvalue weighted by atomic mass is 16.5. The smallest absolute Gasteiger partial charge is 0.338 e. The van der Waals surface area contributed by atoms with Crippen LogP contribution in [0.5, 0.6) is 0 Å². The number of esters is 1. The van der Waals surface area contributed by atoms with Crippen molar-refractivity contribution in [3.63, 3.8) is 0 Å². The van der Waals surface area contributed by atoms with Crippen LogP contribution in [-0.2, 0) is 18.2 Å². The van der Waals surface area contributed by atoms with Gasteiger partial charge in [-0.05, 0) is 41.8 Å². The molecule has 0 spiro atoms. The minimum atomic E-state index is -0.279. The second-order valence-electron chi connectivity index (χ2n) is 5.36. The van der Waals surface area contributed by atoms with E-state index in [0.717, 1.165) is 17.3 Å². The molecule has 0 N–H and O–H groups in total. The molecule has 2 aliphatic carbocycles. The number of hydrogen-bond acceptors (Lipinski definition) is 2. The molecule has 0 unspecified atom stereocenters. The predicted octanol–water partition coefficient (Wildman–Crippen LogP) is 4.19. The third-order valence-corrected chi connectivity index (χ3v) is 4.07. The molecule has 0 aliphatic heterocycles. The Morgan fingerprint density at radius 3 is 2.27 bits per heavy atom. The first-order valence-electron chi connectivity index (χ1n) is 7.41. The van der Waals surface area contributed by atoms with Crippen molar-refractivity contribution in [1.29, 1.82) is 0 Å². The fourth-order valence-corrected chi connectivity index (χ4v) is 2.72. The quantitative estimate of drug-likeness (QED) is 0.519. The van der Waals surface area contributed by atoms with E-state index >= 15 is 0 Å². The van der Waals surface area contributed by atoms with Gasteiger partial charge in [-0.3, -0.25) is 0 Å². The first-order valence-corrected chi connectivity index (χ1v) is 7.41. The zero-order chi connectivity index (χ0) is 15.7. The van der Waals surface area contributed by atoms with Crippen LogP contribution in [-0.4, -0.2) is 17.6 Å². The van der Waals surface area contributed by atoms with Crippen LogP contribution < -0.4 is 0 Å². The molecule has 1 aromatic carbocycles. The van der Waals surface area contributed by atoms with Crippen molar-refractivity contribution in [3.05, 3.63) is 59.8 Å². The number of fused-ring (bicyclic) bond motifs is 2. The lowest BCUT2D eigenvalue weighted by Gasteiger charge is -2.02. The number of carbonyl (C=O) groups is 1. The summed E-state index contributed by atoms with van der Waals surface area (Å²) < 4.78 is 6.89. The van der Waals surface area contributed by atoms with Crippen LogP contribution >= 0.6 is 0 Å². The number of benzene rings is 2. The molecule has 0 atom stereocenters. The maximum Gasteiger partial charge on any atom is 0.338 e. The number of aromatic nitrogens is 1. The number of methoxy groups -OCH3 is 1. The maximum atomic E-state index is 11.6. The van der Waals surface area contributed by atoms with Crippen LogP contribution in [0.1, 0.15) is 23.0 Å². The lowest BCUT2D eigenvalue weighted by Crippen LogP contribution is -2.01. The molecule has 0 radical (unpaired) electrons. The summed E-state index contributed by atoms with van der Waals surface area (Å²) in [5, 5.41) is 0.966. The average molecular weight is 293 g/mol. The van der Waals surface area contributed by atoms with E-state index in [4.69, 9.17) is 4.74 Å². The van der Waals surface area contributed by atoms with Gasteiger partial charge in [-0.15, -0.1) is 0 Å². The van der Waals surface area contributed by atoms with E-state index in [2.05, 4.69) is 41.8 Å². The summed E-state index contributed by atoms with van der Waals surface area (Å²) in [6, 6.07) is 16.2. The van der Waals surface area contributed by atoms with E-state index in [-0.39, 0.29) is 5.97 Å². The number of nitrogens with zero attached hydrogens (tertiary/aromatic N) is 1. The van der Waals surface area contributed by atoms with E-state index in [1.165, 1.54) is 23.9 Å². The van der Waals surface area contributed by atoms with Gasteiger partial charge >= 0.3 is 5.97 Å². The first kappa shape index (κ1) is 14.4. The van der Waals surface area contributed by atoms with Crippen LogP contribution in [0.4, 0.5) is 0 Å². The van der Waals surface area contributed by atoms with Gasteiger partial charge in [-0.25, -0.2) is 4.79 Å². The van der Waals surface area contributed by atoms with Crippen LogP contribution in [0.25, 0.3) is 22.0 Å². The Bertz CT molecular complexity index is 829. The summed E-state index contributed by atoms with van der Waals surface area (Å²) in [7, 11) is 3.42. The number of rotatable bonds is 2. The van der Waals surface area contributed by atoms with Crippen LogP contribution in [0.15, 0.2) is 48.5 Å². The van der Waals surface area contributed by atoms with E-state index in [9.17, 15) is 4.79 Å².